The van der Waals surface area contributed by atoms with Gasteiger partial charge < -0.3 is 10.2 Å². The highest BCUT2D eigenvalue weighted by atomic mass is 16.2. The fourth-order valence-electron chi connectivity index (χ4n) is 3.49. The molecule has 0 unspecified atom stereocenters. The Morgan fingerprint density at radius 1 is 1.11 bits per heavy atom. The summed E-state index contributed by atoms with van der Waals surface area (Å²) in [6, 6.07) is 10.6. The molecule has 28 heavy (non-hydrogen) atoms. The van der Waals surface area contributed by atoms with Crippen molar-refractivity contribution < 1.29 is 4.79 Å². The average Bonchev–Trinajstić information content (AvgIpc) is 3.24. The van der Waals surface area contributed by atoms with Gasteiger partial charge in [-0.1, -0.05) is 18.2 Å². The molecular formula is C21H24N6O. The maximum atomic E-state index is 12.4. The third kappa shape index (κ3) is 4.43. The molecule has 1 aromatic carbocycles. The maximum absolute atomic E-state index is 12.4. The number of carbonyl (C=O) groups excluding carboxylic acids is 1. The van der Waals surface area contributed by atoms with Gasteiger partial charge in [0.1, 0.15) is 5.69 Å². The Morgan fingerprint density at radius 2 is 1.93 bits per heavy atom. The lowest BCUT2D eigenvalue weighted by Gasteiger charge is -2.32. The molecule has 0 aliphatic carbocycles. The fraction of sp³-hybridized carbons (Fsp3) is 0.333. The summed E-state index contributed by atoms with van der Waals surface area (Å²) in [5.74, 6) is -0.0279. The first kappa shape index (κ1) is 18.3. The highest BCUT2D eigenvalue weighted by Gasteiger charge is 2.24. The molecule has 1 aliphatic heterocycles. The first-order chi connectivity index (χ1) is 13.8. The lowest BCUT2D eigenvalue weighted by atomic mass is 10.0. The standard InChI is InChI=1S/C21H24N6O/c28-21(20-15-22-10-11-24-20)26-12-7-18(8-13-26)23-9-6-17-14-25-27(16-17)19-4-2-1-3-5-19/h1-5,10-11,14-16,18,23H,6-9,12-13H2. The highest BCUT2D eigenvalue weighted by molar-refractivity contribution is 5.92. The molecule has 1 aliphatic rings. The average molecular weight is 376 g/mol. The smallest absolute Gasteiger partial charge is 0.274 e. The van der Waals surface area contributed by atoms with Crippen LogP contribution < -0.4 is 5.32 Å². The van der Waals surface area contributed by atoms with Crippen molar-refractivity contribution in [3.63, 3.8) is 0 Å². The lowest BCUT2D eigenvalue weighted by Crippen LogP contribution is -2.45. The van der Waals surface area contributed by atoms with Gasteiger partial charge in [0.05, 0.1) is 18.1 Å². The van der Waals surface area contributed by atoms with Gasteiger partial charge in [-0.25, -0.2) is 9.67 Å². The van der Waals surface area contributed by atoms with Gasteiger partial charge in [-0.3, -0.25) is 9.78 Å². The van der Waals surface area contributed by atoms with Crippen molar-refractivity contribution in [1.82, 2.24) is 30.0 Å². The molecule has 4 rings (SSSR count). The third-order valence-corrected chi connectivity index (χ3v) is 5.07. The van der Waals surface area contributed by atoms with Crippen LogP contribution in [0.1, 0.15) is 28.9 Å². The molecule has 7 heteroatoms. The lowest BCUT2D eigenvalue weighted by molar-refractivity contribution is 0.0699. The van der Waals surface area contributed by atoms with E-state index in [-0.39, 0.29) is 5.91 Å². The van der Waals surface area contributed by atoms with Crippen LogP contribution in [0.2, 0.25) is 0 Å². The first-order valence-electron chi connectivity index (χ1n) is 9.67. The van der Waals surface area contributed by atoms with Crippen molar-refractivity contribution in [1.29, 1.82) is 0 Å². The van der Waals surface area contributed by atoms with E-state index >= 15 is 0 Å². The molecule has 3 aromatic rings. The Balaban J connectivity index is 1.21. The SMILES string of the molecule is O=C(c1cnccn1)N1CCC(NCCc2cnn(-c3ccccc3)c2)CC1. The predicted octanol–water partition coefficient (Wildman–Crippen LogP) is 2.10. The van der Waals surface area contributed by atoms with Gasteiger partial charge in [0.25, 0.3) is 5.91 Å². The Bertz CT molecular complexity index is 888. The van der Waals surface area contributed by atoms with Gasteiger partial charge in [-0.15, -0.1) is 0 Å². The molecule has 1 N–H and O–H groups in total. The van der Waals surface area contributed by atoms with Crippen LogP contribution >= 0.6 is 0 Å². The second kappa shape index (κ2) is 8.75. The molecule has 7 nitrogen and oxygen atoms in total. The van der Waals surface area contributed by atoms with Gasteiger partial charge in [0.2, 0.25) is 0 Å². The van der Waals surface area contributed by atoms with Crippen LogP contribution in [-0.2, 0) is 6.42 Å². The number of hydrogen-bond donors (Lipinski definition) is 1. The predicted molar refractivity (Wildman–Crippen MR) is 106 cm³/mol. The van der Waals surface area contributed by atoms with Crippen molar-refractivity contribution in [3.8, 4) is 5.69 Å². The molecule has 1 amide bonds. The summed E-state index contributed by atoms with van der Waals surface area (Å²) in [5, 5.41) is 8.06. The number of hydrogen-bond acceptors (Lipinski definition) is 5. The Labute approximate surface area is 164 Å². The molecule has 144 valence electrons. The van der Waals surface area contributed by atoms with Crippen molar-refractivity contribution >= 4 is 5.91 Å². The van der Waals surface area contributed by atoms with E-state index in [2.05, 4.69) is 26.6 Å². The number of piperidine rings is 1. The topological polar surface area (TPSA) is 75.9 Å². The molecular weight excluding hydrogens is 352 g/mol. The number of rotatable bonds is 6. The van der Waals surface area contributed by atoms with E-state index in [9.17, 15) is 4.79 Å². The van der Waals surface area contributed by atoms with E-state index < -0.39 is 0 Å². The molecule has 1 fully saturated rings. The van der Waals surface area contributed by atoms with E-state index in [0.717, 1.165) is 44.6 Å². The monoisotopic (exact) mass is 376 g/mol. The molecule has 0 atom stereocenters. The Kier molecular flexibility index (Phi) is 5.72. The van der Waals surface area contributed by atoms with Gasteiger partial charge in [0, 0.05) is 37.7 Å². The molecule has 0 spiro atoms. The van der Waals surface area contributed by atoms with Gasteiger partial charge in [0.15, 0.2) is 0 Å². The second-order valence-electron chi connectivity index (χ2n) is 6.99. The number of nitrogens with one attached hydrogen (secondary N) is 1. The zero-order chi connectivity index (χ0) is 19.2. The number of aromatic nitrogens is 4. The quantitative estimate of drug-likeness (QED) is 0.713. The van der Waals surface area contributed by atoms with Crippen molar-refractivity contribution in [3.05, 3.63) is 72.6 Å². The molecule has 0 radical (unpaired) electrons. The van der Waals surface area contributed by atoms with E-state index in [0.29, 0.717) is 11.7 Å². The van der Waals surface area contributed by atoms with Crippen LogP contribution in [0.15, 0.2) is 61.3 Å². The zero-order valence-electron chi connectivity index (χ0n) is 15.7. The Morgan fingerprint density at radius 3 is 2.68 bits per heavy atom. The van der Waals surface area contributed by atoms with Crippen LogP contribution in [0, 0.1) is 0 Å². The van der Waals surface area contributed by atoms with Crippen molar-refractivity contribution in [2.45, 2.75) is 25.3 Å². The number of likely N-dealkylation sites (tertiary alicyclic amines) is 1. The molecule has 3 heterocycles. The molecule has 0 saturated carbocycles. The second-order valence-corrected chi connectivity index (χ2v) is 6.99. The molecule has 2 aromatic heterocycles. The summed E-state index contributed by atoms with van der Waals surface area (Å²) >= 11 is 0. The Hall–Kier alpha value is -3.06. The third-order valence-electron chi connectivity index (χ3n) is 5.07. The van der Waals surface area contributed by atoms with E-state index in [1.165, 1.54) is 11.8 Å². The number of para-hydroxylation sites is 1. The summed E-state index contributed by atoms with van der Waals surface area (Å²) < 4.78 is 1.91. The van der Waals surface area contributed by atoms with Gasteiger partial charge in [-0.2, -0.15) is 5.10 Å². The van der Waals surface area contributed by atoms with Crippen molar-refractivity contribution in [2.24, 2.45) is 0 Å². The van der Waals surface area contributed by atoms with Crippen LogP contribution in [0.3, 0.4) is 0 Å². The minimum absolute atomic E-state index is 0.0279. The van der Waals surface area contributed by atoms with Gasteiger partial charge >= 0.3 is 0 Å². The summed E-state index contributed by atoms with van der Waals surface area (Å²) in [5.41, 5.74) is 2.71. The van der Waals surface area contributed by atoms with Crippen molar-refractivity contribution in [2.75, 3.05) is 19.6 Å². The van der Waals surface area contributed by atoms with Crippen LogP contribution in [0.25, 0.3) is 5.69 Å². The van der Waals surface area contributed by atoms with Crippen LogP contribution in [-0.4, -0.2) is 56.2 Å². The first-order valence-corrected chi connectivity index (χ1v) is 9.67. The summed E-state index contributed by atoms with van der Waals surface area (Å²) in [6.45, 7) is 2.40. The molecule has 1 saturated heterocycles. The number of nitrogens with zero attached hydrogens (tertiary/aromatic N) is 5. The fourth-order valence-corrected chi connectivity index (χ4v) is 3.49. The van der Waals surface area contributed by atoms with Gasteiger partial charge in [-0.05, 0) is 43.5 Å². The van der Waals surface area contributed by atoms with E-state index in [1.807, 2.05) is 46.1 Å². The molecule has 0 bridgehead atoms. The maximum Gasteiger partial charge on any atom is 0.274 e. The van der Waals surface area contributed by atoms with Crippen LogP contribution in [0.4, 0.5) is 0 Å². The normalized spacial score (nSPS) is 14.9. The summed E-state index contributed by atoms with van der Waals surface area (Å²) in [6.07, 6.45) is 11.5. The van der Waals surface area contributed by atoms with Crippen LogP contribution in [0.5, 0.6) is 0 Å². The zero-order valence-corrected chi connectivity index (χ0v) is 15.7. The minimum Gasteiger partial charge on any atom is -0.337 e. The summed E-state index contributed by atoms with van der Waals surface area (Å²) in [7, 11) is 0. The number of amides is 1. The summed E-state index contributed by atoms with van der Waals surface area (Å²) in [4.78, 5) is 22.4. The largest absolute Gasteiger partial charge is 0.337 e. The van der Waals surface area contributed by atoms with E-state index in [4.69, 9.17) is 0 Å². The number of carbonyl (C=O) groups is 1. The number of benzene rings is 1. The van der Waals surface area contributed by atoms with E-state index in [1.54, 1.807) is 12.4 Å². The highest BCUT2D eigenvalue weighted by Crippen LogP contribution is 2.13. The minimum atomic E-state index is -0.0279.